The number of hydrogen-bond donors (Lipinski definition) is 0. The number of hydrogen-bond acceptors (Lipinski definition) is 4. The van der Waals surface area contributed by atoms with Crippen molar-refractivity contribution in [3.8, 4) is 0 Å². The highest BCUT2D eigenvalue weighted by molar-refractivity contribution is 5.91. The summed E-state index contributed by atoms with van der Waals surface area (Å²) in [7, 11) is 2.26. The van der Waals surface area contributed by atoms with Gasteiger partial charge in [-0.2, -0.15) is 4.98 Å². The molecule has 2 aromatic heterocycles. The Morgan fingerprint density at radius 2 is 2.00 bits per heavy atom. The molecular formula is C23H30N4O. The van der Waals surface area contributed by atoms with E-state index >= 15 is 0 Å². The molecule has 0 amide bonds. The van der Waals surface area contributed by atoms with Gasteiger partial charge in [-0.15, -0.1) is 0 Å². The molecule has 5 rings (SSSR count). The van der Waals surface area contributed by atoms with Gasteiger partial charge in [0.25, 0.3) is 5.89 Å². The first-order chi connectivity index (χ1) is 13.7. The van der Waals surface area contributed by atoms with E-state index in [4.69, 9.17) is 4.52 Å². The number of likely N-dealkylation sites (N-methyl/N-ethyl adjacent to an activating group) is 1. The molecule has 2 unspecified atom stereocenters. The van der Waals surface area contributed by atoms with Crippen molar-refractivity contribution in [2.24, 2.45) is 5.92 Å². The molecule has 0 saturated carbocycles. The van der Waals surface area contributed by atoms with Crippen LogP contribution in [0.25, 0.3) is 16.6 Å². The number of nitrogens with zero attached hydrogens (tertiary/aromatic N) is 4. The van der Waals surface area contributed by atoms with Crippen LogP contribution in [-0.2, 0) is 6.42 Å². The van der Waals surface area contributed by atoms with Gasteiger partial charge < -0.3 is 9.09 Å². The Labute approximate surface area is 167 Å². The fraction of sp³-hybridized carbons (Fsp3) is 0.478. The fourth-order valence-corrected chi connectivity index (χ4v) is 4.84. The van der Waals surface area contributed by atoms with Crippen LogP contribution in [-0.4, -0.2) is 33.2 Å². The van der Waals surface area contributed by atoms with Crippen LogP contribution < -0.4 is 0 Å². The number of para-hydroxylation sites is 1. The first-order valence-electron chi connectivity index (χ1n) is 10.5. The summed E-state index contributed by atoms with van der Waals surface area (Å²) >= 11 is 0. The Hall–Kier alpha value is -2.40. The molecule has 2 aliphatic heterocycles. The van der Waals surface area contributed by atoms with Gasteiger partial charge in [0.15, 0.2) is 5.82 Å². The van der Waals surface area contributed by atoms with Gasteiger partial charge in [-0.25, -0.2) is 0 Å². The van der Waals surface area contributed by atoms with E-state index < -0.39 is 0 Å². The van der Waals surface area contributed by atoms with Crippen molar-refractivity contribution in [2.75, 3.05) is 13.6 Å². The summed E-state index contributed by atoms with van der Waals surface area (Å²) in [5.74, 6) is 1.76. The van der Waals surface area contributed by atoms with E-state index in [9.17, 15) is 0 Å². The first kappa shape index (κ1) is 18.9. The molecule has 5 nitrogen and oxygen atoms in total. The second kappa shape index (κ2) is 7.55. The van der Waals surface area contributed by atoms with Gasteiger partial charge in [-0.3, -0.25) is 4.90 Å². The highest BCUT2D eigenvalue weighted by Crippen LogP contribution is 2.47. The van der Waals surface area contributed by atoms with Crippen molar-refractivity contribution in [1.29, 1.82) is 0 Å². The molecule has 28 heavy (non-hydrogen) atoms. The summed E-state index contributed by atoms with van der Waals surface area (Å²) in [6.45, 7) is 9.24. The molecule has 4 heterocycles. The second-order valence-corrected chi connectivity index (χ2v) is 7.54. The van der Waals surface area contributed by atoms with E-state index in [0.717, 1.165) is 31.5 Å². The van der Waals surface area contributed by atoms with Gasteiger partial charge in [-0.1, -0.05) is 50.5 Å². The third-order valence-electron chi connectivity index (χ3n) is 5.88. The van der Waals surface area contributed by atoms with Crippen LogP contribution in [0.2, 0.25) is 0 Å². The summed E-state index contributed by atoms with van der Waals surface area (Å²) in [4.78, 5) is 7.07. The van der Waals surface area contributed by atoms with Crippen LogP contribution in [0, 0.1) is 12.8 Å². The first-order valence-corrected chi connectivity index (χ1v) is 10.5. The number of fused-ring (bicyclic) bond motifs is 3. The van der Waals surface area contributed by atoms with Crippen molar-refractivity contribution in [3.05, 3.63) is 53.3 Å². The Balaban J connectivity index is 0.000000932. The highest BCUT2D eigenvalue weighted by atomic mass is 16.5. The van der Waals surface area contributed by atoms with Crippen LogP contribution in [0.4, 0.5) is 0 Å². The molecule has 0 aliphatic carbocycles. The Bertz CT molecular complexity index is 1010. The maximum absolute atomic E-state index is 5.60. The molecule has 0 saturated heterocycles. The predicted octanol–water partition coefficient (Wildman–Crippen LogP) is 5.21. The molecule has 0 fully saturated rings. The van der Waals surface area contributed by atoms with Gasteiger partial charge in [0.05, 0.1) is 11.6 Å². The quantitative estimate of drug-likeness (QED) is 0.628. The second-order valence-electron chi connectivity index (χ2n) is 7.54. The van der Waals surface area contributed by atoms with E-state index in [0.29, 0.717) is 23.7 Å². The number of aromatic nitrogens is 3. The summed E-state index contributed by atoms with van der Waals surface area (Å²) < 4.78 is 7.97. The molecule has 2 atom stereocenters. The van der Waals surface area contributed by atoms with Gasteiger partial charge in [0.1, 0.15) is 5.70 Å². The fourth-order valence-electron chi connectivity index (χ4n) is 4.84. The van der Waals surface area contributed by atoms with Gasteiger partial charge in [-0.05, 0) is 44.5 Å². The molecule has 0 spiro atoms. The van der Waals surface area contributed by atoms with Crippen molar-refractivity contribution in [2.45, 2.75) is 53.0 Å². The predicted molar refractivity (Wildman–Crippen MR) is 113 cm³/mol. The Morgan fingerprint density at radius 1 is 1.21 bits per heavy atom. The normalized spacial score (nSPS) is 21.1. The largest absolute Gasteiger partial charge is 0.332 e. The lowest BCUT2D eigenvalue weighted by atomic mass is 9.83. The number of benzene rings is 1. The van der Waals surface area contributed by atoms with Crippen molar-refractivity contribution in [1.82, 2.24) is 19.6 Å². The molecule has 3 aromatic rings. The molecule has 0 radical (unpaired) electrons. The summed E-state index contributed by atoms with van der Waals surface area (Å²) in [5.41, 5.74) is 5.21. The zero-order valence-electron chi connectivity index (χ0n) is 17.6. The van der Waals surface area contributed by atoms with E-state index in [-0.39, 0.29) is 0 Å². The maximum atomic E-state index is 5.60. The zero-order valence-corrected chi connectivity index (χ0v) is 17.6. The Kier molecular flexibility index (Phi) is 5.11. The molecule has 5 heteroatoms. The molecule has 0 bridgehead atoms. The summed E-state index contributed by atoms with van der Waals surface area (Å²) in [6, 6.07) is 9.14. The van der Waals surface area contributed by atoms with Gasteiger partial charge in [0, 0.05) is 23.5 Å². The molecule has 0 N–H and O–H groups in total. The SMILES string of the molecule is CC.CCCC1C=C(c2nc(C)no2)n2c3c(c4ccccc42)CCN(C)C31. The van der Waals surface area contributed by atoms with Crippen molar-refractivity contribution >= 4 is 16.6 Å². The summed E-state index contributed by atoms with van der Waals surface area (Å²) in [5, 5.41) is 5.40. The topological polar surface area (TPSA) is 47.1 Å². The third kappa shape index (κ3) is 2.80. The molecular weight excluding hydrogens is 348 g/mol. The lowest BCUT2D eigenvalue weighted by Crippen LogP contribution is -2.39. The van der Waals surface area contributed by atoms with Crippen molar-refractivity contribution < 1.29 is 4.52 Å². The standard InChI is InChI=1S/C21H24N4O.C2H6/c1-4-7-14-12-18(21-22-13(2)23-26-21)25-17-9-6-5-8-15(17)16-10-11-24(3)19(14)20(16)25;1-2/h5-6,8-9,12,14,19H,4,7,10-11H2,1-3H3;1-2H3. The van der Waals surface area contributed by atoms with E-state index in [1.165, 1.54) is 22.2 Å². The molecule has 2 aliphatic rings. The van der Waals surface area contributed by atoms with Gasteiger partial charge in [0.2, 0.25) is 0 Å². The minimum Gasteiger partial charge on any atom is -0.332 e. The average Bonchev–Trinajstić information content (AvgIpc) is 3.29. The van der Waals surface area contributed by atoms with Crippen LogP contribution >= 0.6 is 0 Å². The van der Waals surface area contributed by atoms with Crippen molar-refractivity contribution in [3.63, 3.8) is 0 Å². The van der Waals surface area contributed by atoms with E-state index in [1.54, 1.807) is 0 Å². The number of rotatable bonds is 3. The minimum atomic E-state index is 0.416. The third-order valence-corrected chi connectivity index (χ3v) is 5.88. The van der Waals surface area contributed by atoms with Crippen LogP contribution in [0.1, 0.15) is 62.6 Å². The number of aryl methyl sites for hydroxylation is 1. The lowest BCUT2D eigenvalue weighted by Gasteiger charge is -2.41. The smallest absolute Gasteiger partial charge is 0.274 e. The average molecular weight is 379 g/mol. The minimum absolute atomic E-state index is 0.416. The monoisotopic (exact) mass is 378 g/mol. The Morgan fingerprint density at radius 3 is 2.71 bits per heavy atom. The van der Waals surface area contributed by atoms with Crippen LogP contribution in [0.15, 0.2) is 34.9 Å². The summed E-state index contributed by atoms with van der Waals surface area (Å²) in [6.07, 6.45) is 5.78. The van der Waals surface area contributed by atoms with Crippen LogP contribution in [0.3, 0.4) is 0 Å². The lowest BCUT2D eigenvalue weighted by molar-refractivity contribution is 0.170. The molecule has 148 valence electrons. The van der Waals surface area contributed by atoms with Crippen LogP contribution in [0.5, 0.6) is 0 Å². The zero-order chi connectivity index (χ0) is 19.8. The van der Waals surface area contributed by atoms with E-state index in [1.807, 2.05) is 20.8 Å². The highest BCUT2D eigenvalue weighted by Gasteiger charge is 2.40. The maximum Gasteiger partial charge on any atom is 0.274 e. The van der Waals surface area contributed by atoms with E-state index in [2.05, 4.69) is 63.9 Å². The van der Waals surface area contributed by atoms with Gasteiger partial charge >= 0.3 is 0 Å². The molecule has 1 aromatic carbocycles.